The molecule has 0 radical (unpaired) electrons. The summed E-state index contributed by atoms with van der Waals surface area (Å²) in [6.07, 6.45) is 12.5. The molecule has 25 heavy (non-hydrogen) atoms. The number of benzene rings is 1. The lowest BCUT2D eigenvalue weighted by Gasteiger charge is -2.25. The highest BCUT2D eigenvalue weighted by molar-refractivity contribution is 8.32. The molecule has 0 unspecified atom stereocenters. The van der Waals surface area contributed by atoms with Crippen molar-refractivity contribution in [2.45, 2.75) is 40.7 Å². The van der Waals surface area contributed by atoms with E-state index < -0.39 is 10.0 Å². The van der Waals surface area contributed by atoms with Crippen LogP contribution >= 0.6 is 10.0 Å². The molecule has 0 saturated heterocycles. The summed E-state index contributed by atoms with van der Waals surface area (Å²) in [5.74, 6) is 7.71. The highest BCUT2D eigenvalue weighted by atomic mass is 32.3. The van der Waals surface area contributed by atoms with E-state index in [0.29, 0.717) is 0 Å². The van der Waals surface area contributed by atoms with Gasteiger partial charge in [-0.2, -0.15) is 0 Å². The summed E-state index contributed by atoms with van der Waals surface area (Å²) in [7, 11) is -0.423. The van der Waals surface area contributed by atoms with Crippen molar-refractivity contribution in [1.29, 1.82) is 0 Å². The Morgan fingerprint density at radius 2 is 1.80 bits per heavy atom. The second kappa shape index (κ2) is 10.1. The third-order valence-electron chi connectivity index (χ3n) is 3.86. The quantitative estimate of drug-likeness (QED) is 0.565. The Labute approximate surface area is 158 Å². The molecule has 0 fully saturated rings. The molecule has 0 aliphatic heterocycles. The Balaban J connectivity index is 2.59. The third kappa shape index (κ3) is 11.1. The van der Waals surface area contributed by atoms with Crippen LogP contribution in [-0.4, -0.2) is 42.5 Å². The zero-order valence-corrected chi connectivity index (χ0v) is 18.2. The zero-order chi connectivity index (χ0) is 18.9. The first kappa shape index (κ1) is 21.9. The molecule has 0 aromatic heterocycles. The van der Waals surface area contributed by atoms with Crippen LogP contribution in [-0.2, 0) is 13.0 Å². The van der Waals surface area contributed by atoms with E-state index in [1.54, 1.807) is 0 Å². The van der Waals surface area contributed by atoms with Crippen LogP contribution in [0.2, 0.25) is 0 Å². The van der Waals surface area contributed by atoms with Gasteiger partial charge in [0, 0.05) is 18.5 Å². The van der Waals surface area contributed by atoms with E-state index in [9.17, 15) is 0 Å². The van der Waals surface area contributed by atoms with Gasteiger partial charge in [-0.1, -0.05) is 49.1 Å². The predicted molar refractivity (Wildman–Crippen MR) is 118 cm³/mol. The van der Waals surface area contributed by atoms with Gasteiger partial charge in [0.2, 0.25) is 0 Å². The minimum Gasteiger partial charge on any atom is -0.296 e. The first-order valence-electron chi connectivity index (χ1n) is 9.23. The maximum atomic E-state index is 3.24. The lowest BCUT2D eigenvalue weighted by atomic mass is 9.98. The molecule has 0 aliphatic rings. The van der Waals surface area contributed by atoms with Crippen LogP contribution in [0.1, 0.15) is 38.8 Å². The van der Waals surface area contributed by atoms with Crippen molar-refractivity contribution in [3.8, 4) is 11.8 Å². The van der Waals surface area contributed by atoms with Gasteiger partial charge in [0.25, 0.3) is 0 Å². The number of hydrogen-bond acceptors (Lipinski definition) is 1. The SMILES string of the molecule is CCN(C/C=C/C#CC(C)(C)C)Cc1cccc(CCS(C)(C)C)c1. The Kier molecular flexibility index (Phi) is 8.83. The molecule has 0 saturated carbocycles. The van der Waals surface area contributed by atoms with Gasteiger partial charge in [-0.15, -0.1) is 0 Å². The number of nitrogens with zero attached hydrogens (tertiary/aromatic N) is 1. The van der Waals surface area contributed by atoms with Gasteiger partial charge in [-0.25, -0.2) is 10.0 Å². The Morgan fingerprint density at radius 3 is 2.40 bits per heavy atom. The molecule has 140 valence electrons. The van der Waals surface area contributed by atoms with Crippen molar-refractivity contribution in [2.75, 3.05) is 37.6 Å². The lowest BCUT2D eigenvalue weighted by molar-refractivity contribution is 0.311. The molecule has 1 aromatic carbocycles. The molecule has 1 aromatic rings. The van der Waals surface area contributed by atoms with E-state index in [1.165, 1.54) is 23.3 Å². The maximum Gasteiger partial charge on any atom is 0.0237 e. The molecule has 2 heteroatoms. The largest absolute Gasteiger partial charge is 0.296 e. The average Bonchev–Trinajstić information content (AvgIpc) is 2.50. The van der Waals surface area contributed by atoms with Crippen molar-refractivity contribution in [3.63, 3.8) is 0 Å². The Bertz CT molecular complexity index is 605. The molecule has 0 N–H and O–H groups in total. The van der Waals surface area contributed by atoms with Gasteiger partial charge in [0.1, 0.15) is 0 Å². The van der Waals surface area contributed by atoms with Gasteiger partial charge in [-0.3, -0.25) is 4.90 Å². The normalized spacial score (nSPS) is 13.1. The Morgan fingerprint density at radius 1 is 1.12 bits per heavy atom. The molecule has 0 heterocycles. The summed E-state index contributed by atoms with van der Waals surface area (Å²) in [6, 6.07) is 9.12. The first-order valence-corrected chi connectivity index (χ1v) is 12.3. The van der Waals surface area contributed by atoms with E-state index >= 15 is 0 Å². The molecule has 1 rings (SSSR count). The summed E-state index contributed by atoms with van der Waals surface area (Å²) in [5, 5.41) is 0. The molecule has 0 atom stereocenters. The van der Waals surface area contributed by atoms with Gasteiger partial charge < -0.3 is 0 Å². The predicted octanol–water partition coefficient (Wildman–Crippen LogP) is 5.35. The van der Waals surface area contributed by atoms with Crippen molar-refractivity contribution in [1.82, 2.24) is 4.90 Å². The summed E-state index contributed by atoms with van der Waals surface area (Å²) >= 11 is 0. The Hall–Kier alpha value is -1.17. The number of allylic oxidation sites excluding steroid dienone is 1. The summed E-state index contributed by atoms with van der Waals surface area (Å²) in [5.41, 5.74) is 2.96. The standard InChI is InChI=1S/C23H37NS/c1-8-24(17-11-9-10-16-23(2,3)4)20-22-14-12-13-21(19-22)15-18-25(5,6)7/h9,11-14,19H,8,15,17-18,20H2,1-7H3/b11-9+. The minimum atomic E-state index is -0.423. The van der Waals surface area contributed by atoms with Crippen LogP contribution < -0.4 is 0 Å². The van der Waals surface area contributed by atoms with Crippen LogP contribution in [0.25, 0.3) is 0 Å². The monoisotopic (exact) mass is 359 g/mol. The minimum absolute atomic E-state index is 0.0734. The third-order valence-corrected chi connectivity index (χ3v) is 5.29. The number of likely N-dealkylation sites (N-methyl/N-ethyl adjacent to an activating group) is 1. The van der Waals surface area contributed by atoms with E-state index in [0.717, 1.165) is 19.6 Å². The summed E-state index contributed by atoms with van der Waals surface area (Å²) in [4.78, 5) is 2.45. The van der Waals surface area contributed by atoms with Crippen molar-refractivity contribution >= 4 is 10.0 Å². The van der Waals surface area contributed by atoms with Gasteiger partial charge >= 0.3 is 0 Å². The first-order chi connectivity index (χ1) is 11.6. The van der Waals surface area contributed by atoms with Crippen molar-refractivity contribution < 1.29 is 0 Å². The molecular weight excluding hydrogens is 322 g/mol. The molecule has 0 spiro atoms. The van der Waals surface area contributed by atoms with Crippen LogP contribution in [0.15, 0.2) is 36.4 Å². The zero-order valence-electron chi connectivity index (χ0n) is 17.4. The van der Waals surface area contributed by atoms with Crippen LogP contribution in [0.4, 0.5) is 0 Å². The van der Waals surface area contributed by atoms with Crippen molar-refractivity contribution in [3.05, 3.63) is 47.5 Å². The van der Waals surface area contributed by atoms with Crippen molar-refractivity contribution in [2.24, 2.45) is 5.41 Å². The van der Waals surface area contributed by atoms with Gasteiger partial charge in [0.15, 0.2) is 0 Å². The summed E-state index contributed by atoms with van der Waals surface area (Å²) < 4.78 is 0. The molecular formula is C23H37NS. The van der Waals surface area contributed by atoms with E-state index in [1.807, 2.05) is 6.08 Å². The second-order valence-electron chi connectivity index (χ2n) is 8.61. The average molecular weight is 360 g/mol. The van der Waals surface area contributed by atoms with Crippen LogP contribution in [0.5, 0.6) is 0 Å². The fourth-order valence-electron chi connectivity index (χ4n) is 2.39. The number of hydrogen-bond donors (Lipinski definition) is 0. The maximum absolute atomic E-state index is 3.24. The smallest absolute Gasteiger partial charge is 0.0237 e. The van der Waals surface area contributed by atoms with Crippen LogP contribution in [0.3, 0.4) is 0 Å². The molecule has 0 amide bonds. The van der Waals surface area contributed by atoms with Gasteiger partial charge in [-0.05, 0) is 75.5 Å². The van der Waals surface area contributed by atoms with E-state index in [-0.39, 0.29) is 5.41 Å². The second-order valence-corrected chi connectivity index (χ2v) is 13.2. The number of rotatable bonds is 8. The topological polar surface area (TPSA) is 3.24 Å². The fourth-order valence-corrected chi connectivity index (χ4v) is 3.24. The number of aryl methyl sites for hydroxylation is 1. The van der Waals surface area contributed by atoms with E-state index in [2.05, 4.69) is 93.5 Å². The highest BCUT2D eigenvalue weighted by Crippen LogP contribution is 2.35. The summed E-state index contributed by atoms with van der Waals surface area (Å²) in [6.45, 7) is 11.6. The van der Waals surface area contributed by atoms with Gasteiger partial charge in [0.05, 0.1) is 0 Å². The fraction of sp³-hybridized carbons (Fsp3) is 0.565. The molecule has 0 aliphatic carbocycles. The van der Waals surface area contributed by atoms with E-state index in [4.69, 9.17) is 0 Å². The lowest BCUT2D eigenvalue weighted by Crippen LogP contribution is -2.22. The molecule has 1 nitrogen and oxygen atoms in total. The van der Waals surface area contributed by atoms with Crippen LogP contribution in [0, 0.1) is 17.3 Å². The highest BCUT2D eigenvalue weighted by Gasteiger charge is 2.06. The molecule has 0 bridgehead atoms.